The van der Waals surface area contributed by atoms with E-state index < -0.39 is 0 Å². The van der Waals surface area contributed by atoms with Crippen molar-refractivity contribution in [3.05, 3.63) is 59.4 Å². The van der Waals surface area contributed by atoms with E-state index in [1.807, 2.05) is 11.0 Å². The first-order valence-electron chi connectivity index (χ1n) is 9.44. The van der Waals surface area contributed by atoms with Crippen LogP contribution in [0.15, 0.2) is 42.6 Å². The number of hydrogen-bond acceptors (Lipinski definition) is 2. The van der Waals surface area contributed by atoms with Crippen molar-refractivity contribution in [2.75, 3.05) is 13.1 Å². The number of rotatable bonds is 3. The second-order valence-electron chi connectivity index (χ2n) is 7.33. The molecular weight excluding hydrogens is 322 g/mol. The standard InChI is InChI=1S/C22H25N3O/c1-16-6-9-18(10-7-16)22-19(14-21(26)24-12-4-3-5-13-24)25-15-17(2)8-11-20(25)23-22/h6-11,15H,3-5,12-14H2,1-2H3. The van der Waals surface area contributed by atoms with Gasteiger partial charge < -0.3 is 9.30 Å². The zero-order chi connectivity index (χ0) is 18.1. The summed E-state index contributed by atoms with van der Waals surface area (Å²) in [5, 5.41) is 0. The predicted molar refractivity (Wildman–Crippen MR) is 104 cm³/mol. The molecule has 0 N–H and O–H groups in total. The van der Waals surface area contributed by atoms with Gasteiger partial charge in [0.25, 0.3) is 0 Å². The van der Waals surface area contributed by atoms with E-state index >= 15 is 0 Å². The number of benzene rings is 1. The summed E-state index contributed by atoms with van der Waals surface area (Å²) in [6, 6.07) is 12.5. The minimum Gasteiger partial charge on any atom is -0.342 e. The number of fused-ring (bicyclic) bond motifs is 1. The second kappa shape index (κ2) is 6.94. The van der Waals surface area contributed by atoms with E-state index in [0.717, 1.165) is 54.1 Å². The van der Waals surface area contributed by atoms with Gasteiger partial charge in [-0.3, -0.25) is 4.79 Å². The Morgan fingerprint density at radius 2 is 1.65 bits per heavy atom. The molecule has 1 aromatic carbocycles. The molecule has 0 atom stereocenters. The molecule has 4 heteroatoms. The summed E-state index contributed by atoms with van der Waals surface area (Å²) in [6.07, 6.45) is 5.94. The molecule has 134 valence electrons. The number of carbonyl (C=O) groups excluding carboxylic acids is 1. The highest BCUT2D eigenvalue weighted by molar-refractivity contribution is 5.81. The monoisotopic (exact) mass is 347 g/mol. The number of pyridine rings is 1. The van der Waals surface area contributed by atoms with Gasteiger partial charge in [0.05, 0.1) is 17.8 Å². The molecule has 0 saturated carbocycles. The van der Waals surface area contributed by atoms with E-state index in [0.29, 0.717) is 6.42 Å². The summed E-state index contributed by atoms with van der Waals surface area (Å²) >= 11 is 0. The zero-order valence-electron chi connectivity index (χ0n) is 15.5. The van der Waals surface area contributed by atoms with Gasteiger partial charge in [-0.25, -0.2) is 4.98 Å². The molecular formula is C22H25N3O. The molecule has 0 spiro atoms. The number of aromatic nitrogens is 2. The van der Waals surface area contributed by atoms with Crippen LogP contribution in [-0.2, 0) is 11.2 Å². The summed E-state index contributed by atoms with van der Waals surface area (Å²) in [5.74, 6) is 0.210. The number of hydrogen-bond donors (Lipinski definition) is 0. The fourth-order valence-electron chi connectivity index (χ4n) is 3.71. The summed E-state index contributed by atoms with van der Waals surface area (Å²) in [6.45, 7) is 5.92. The number of aryl methyl sites for hydroxylation is 2. The first kappa shape index (κ1) is 16.8. The normalized spacial score (nSPS) is 14.8. The van der Waals surface area contributed by atoms with Crippen LogP contribution in [0.3, 0.4) is 0 Å². The van der Waals surface area contributed by atoms with Crippen LogP contribution in [-0.4, -0.2) is 33.3 Å². The second-order valence-corrected chi connectivity index (χ2v) is 7.33. The largest absolute Gasteiger partial charge is 0.342 e. The number of imidazole rings is 1. The van der Waals surface area contributed by atoms with Crippen LogP contribution in [0.1, 0.15) is 36.1 Å². The van der Waals surface area contributed by atoms with E-state index in [1.54, 1.807) is 0 Å². The third-order valence-corrected chi connectivity index (χ3v) is 5.22. The SMILES string of the molecule is Cc1ccc(-c2nc3ccc(C)cn3c2CC(=O)N2CCCCC2)cc1. The summed E-state index contributed by atoms with van der Waals surface area (Å²) in [5.41, 5.74) is 6.26. The maximum Gasteiger partial charge on any atom is 0.228 e. The quantitative estimate of drug-likeness (QED) is 0.713. The maximum absolute atomic E-state index is 12.9. The first-order valence-corrected chi connectivity index (χ1v) is 9.44. The summed E-state index contributed by atoms with van der Waals surface area (Å²) in [4.78, 5) is 19.8. The highest BCUT2D eigenvalue weighted by Gasteiger charge is 2.22. The van der Waals surface area contributed by atoms with Crippen LogP contribution in [0, 0.1) is 13.8 Å². The fraction of sp³-hybridized carbons (Fsp3) is 0.364. The average Bonchev–Trinajstić information content (AvgIpc) is 3.01. The van der Waals surface area contributed by atoms with E-state index in [1.165, 1.54) is 12.0 Å². The first-order chi connectivity index (χ1) is 12.6. The van der Waals surface area contributed by atoms with Crippen LogP contribution in [0.2, 0.25) is 0 Å². The number of likely N-dealkylation sites (tertiary alicyclic amines) is 1. The van der Waals surface area contributed by atoms with Gasteiger partial charge in [0.1, 0.15) is 5.65 Å². The Balaban J connectivity index is 1.77. The van der Waals surface area contributed by atoms with Gasteiger partial charge in [-0.2, -0.15) is 0 Å². The average molecular weight is 347 g/mol. The van der Waals surface area contributed by atoms with Crippen molar-refractivity contribution in [2.45, 2.75) is 39.5 Å². The molecule has 1 amide bonds. The van der Waals surface area contributed by atoms with Crippen molar-refractivity contribution < 1.29 is 4.79 Å². The molecule has 2 aromatic heterocycles. The molecule has 0 aliphatic carbocycles. The maximum atomic E-state index is 12.9. The highest BCUT2D eigenvalue weighted by atomic mass is 16.2. The Labute approximate surface area is 154 Å². The third-order valence-electron chi connectivity index (χ3n) is 5.22. The third kappa shape index (κ3) is 3.24. The minimum atomic E-state index is 0.210. The molecule has 1 aliphatic rings. The van der Waals surface area contributed by atoms with Crippen molar-refractivity contribution in [3.63, 3.8) is 0 Å². The van der Waals surface area contributed by atoms with Crippen molar-refractivity contribution in [1.29, 1.82) is 0 Å². The Kier molecular flexibility index (Phi) is 4.49. The Bertz CT molecular complexity index is 934. The molecule has 4 nitrogen and oxygen atoms in total. The highest BCUT2D eigenvalue weighted by Crippen LogP contribution is 2.26. The fourth-order valence-corrected chi connectivity index (χ4v) is 3.71. The molecule has 3 aromatic rings. The Morgan fingerprint density at radius 3 is 2.38 bits per heavy atom. The van der Waals surface area contributed by atoms with Gasteiger partial charge in [-0.1, -0.05) is 35.9 Å². The molecule has 1 aliphatic heterocycles. The van der Waals surface area contributed by atoms with Gasteiger partial charge >= 0.3 is 0 Å². The zero-order valence-corrected chi connectivity index (χ0v) is 15.5. The molecule has 26 heavy (non-hydrogen) atoms. The van der Waals surface area contributed by atoms with Crippen molar-refractivity contribution in [3.8, 4) is 11.3 Å². The number of carbonyl (C=O) groups is 1. The molecule has 0 bridgehead atoms. The lowest BCUT2D eigenvalue weighted by Crippen LogP contribution is -2.36. The molecule has 0 unspecified atom stereocenters. The van der Waals surface area contributed by atoms with E-state index in [4.69, 9.17) is 4.98 Å². The molecule has 0 radical (unpaired) electrons. The van der Waals surface area contributed by atoms with Crippen LogP contribution in [0.5, 0.6) is 0 Å². The summed E-state index contributed by atoms with van der Waals surface area (Å²) in [7, 11) is 0. The number of nitrogens with zero attached hydrogens (tertiary/aromatic N) is 3. The molecule has 3 heterocycles. The van der Waals surface area contributed by atoms with Gasteiger partial charge in [-0.15, -0.1) is 0 Å². The van der Waals surface area contributed by atoms with E-state index in [-0.39, 0.29) is 5.91 Å². The molecule has 4 rings (SSSR count). The van der Waals surface area contributed by atoms with Crippen LogP contribution < -0.4 is 0 Å². The molecule has 1 saturated heterocycles. The van der Waals surface area contributed by atoms with Crippen molar-refractivity contribution >= 4 is 11.6 Å². The minimum absolute atomic E-state index is 0.210. The Morgan fingerprint density at radius 1 is 0.962 bits per heavy atom. The van der Waals surface area contributed by atoms with Crippen LogP contribution in [0.4, 0.5) is 0 Å². The van der Waals surface area contributed by atoms with E-state index in [9.17, 15) is 4.79 Å². The van der Waals surface area contributed by atoms with Crippen molar-refractivity contribution in [2.24, 2.45) is 0 Å². The number of piperidine rings is 1. The van der Waals surface area contributed by atoms with E-state index in [2.05, 4.69) is 54.8 Å². The van der Waals surface area contributed by atoms with Crippen molar-refractivity contribution in [1.82, 2.24) is 14.3 Å². The van der Waals surface area contributed by atoms with Gasteiger partial charge in [0, 0.05) is 24.8 Å². The van der Waals surface area contributed by atoms with Gasteiger partial charge in [0.15, 0.2) is 0 Å². The van der Waals surface area contributed by atoms with Gasteiger partial charge in [0.2, 0.25) is 5.91 Å². The Hall–Kier alpha value is -2.62. The lowest BCUT2D eigenvalue weighted by atomic mass is 10.1. The lowest BCUT2D eigenvalue weighted by molar-refractivity contribution is -0.131. The number of amides is 1. The van der Waals surface area contributed by atoms with Crippen LogP contribution >= 0.6 is 0 Å². The smallest absolute Gasteiger partial charge is 0.228 e. The van der Waals surface area contributed by atoms with Gasteiger partial charge in [-0.05, 0) is 44.7 Å². The predicted octanol–water partition coefficient (Wildman–Crippen LogP) is 4.17. The summed E-state index contributed by atoms with van der Waals surface area (Å²) < 4.78 is 2.09. The topological polar surface area (TPSA) is 37.6 Å². The van der Waals surface area contributed by atoms with Crippen LogP contribution in [0.25, 0.3) is 16.9 Å². The molecule has 1 fully saturated rings. The lowest BCUT2D eigenvalue weighted by Gasteiger charge is -2.26.